The van der Waals surface area contributed by atoms with Crippen LogP contribution in [0.1, 0.15) is 32.1 Å². The molecule has 0 radical (unpaired) electrons. The standard InChI is InChI=1S/C17H22ClNO2S.CH5N/c1-21-15-3-2-13(10-14(15)18)22-17(12-20)5-4-16(11-17)6-8-19-9-7-16;1-2/h2-3,10,12,19H,4-9,11H2,1H3;2H2,1H3. The van der Waals surface area contributed by atoms with Crippen molar-refractivity contribution in [3.05, 3.63) is 23.2 Å². The van der Waals surface area contributed by atoms with Gasteiger partial charge in [0.1, 0.15) is 12.0 Å². The number of ether oxygens (including phenoxy) is 1. The highest BCUT2D eigenvalue weighted by Gasteiger charge is 2.49. The highest BCUT2D eigenvalue weighted by Crippen LogP contribution is 2.55. The van der Waals surface area contributed by atoms with Crippen LogP contribution in [0.4, 0.5) is 0 Å². The summed E-state index contributed by atoms with van der Waals surface area (Å²) in [6.07, 6.45) is 6.65. The quantitative estimate of drug-likeness (QED) is 0.794. The smallest absolute Gasteiger partial charge is 0.137 e. The molecular formula is C18H27ClN2O2S. The third-order valence-corrected chi connectivity index (χ3v) is 6.71. The van der Waals surface area contributed by atoms with Crippen LogP contribution in [0.5, 0.6) is 5.75 Å². The number of methoxy groups -OCH3 is 1. The number of hydrogen-bond donors (Lipinski definition) is 2. The zero-order valence-electron chi connectivity index (χ0n) is 14.4. The number of carbonyl (C=O) groups excluding carboxylic acids is 1. The van der Waals surface area contributed by atoms with Crippen LogP contribution in [0.2, 0.25) is 5.02 Å². The molecule has 1 heterocycles. The van der Waals surface area contributed by atoms with E-state index in [1.54, 1.807) is 18.9 Å². The largest absolute Gasteiger partial charge is 0.495 e. The van der Waals surface area contributed by atoms with E-state index in [9.17, 15) is 4.79 Å². The van der Waals surface area contributed by atoms with E-state index in [0.29, 0.717) is 16.2 Å². The second-order valence-corrected chi connectivity index (χ2v) is 8.40. The first kappa shape index (κ1) is 19.6. The Kier molecular flexibility index (Phi) is 6.99. The molecule has 1 saturated carbocycles. The van der Waals surface area contributed by atoms with E-state index >= 15 is 0 Å². The van der Waals surface area contributed by atoms with Gasteiger partial charge in [0.05, 0.1) is 16.9 Å². The van der Waals surface area contributed by atoms with Crippen LogP contribution in [-0.2, 0) is 4.79 Å². The van der Waals surface area contributed by atoms with Gasteiger partial charge in [0.25, 0.3) is 0 Å². The van der Waals surface area contributed by atoms with Gasteiger partial charge >= 0.3 is 0 Å². The number of piperidine rings is 1. The minimum atomic E-state index is -0.296. The molecular weight excluding hydrogens is 344 g/mol. The Hall–Kier alpha value is -0.750. The zero-order valence-corrected chi connectivity index (χ0v) is 16.0. The fourth-order valence-corrected chi connectivity index (χ4v) is 5.56. The highest BCUT2D eigenvalue weighted by atomic mass is 35.5. The number of nitrogens with one attached hydrogen (secondary N) is 1. The molecule has 1 aromatic carbocycles. The third-order valence-electron chi connectivity index (χ3n) is 5.08. The molecule has 0 aromatic heterocycles. The average Bonchev–Trinajstić information content (AvgIpc) is 2.96. The summed E-state index contributed by atoms with van der Waals surface area (Å²) in [6.45, 7) is 2.15. The predicted octanol–water partition coefficient (Wildman–Crippen LogP) is 3.51. The van der Waals surface area contributed by atoms with Gasteiger partial charge < -0.3 is 20.6 Å². The molecule has 3 N–H and O–H groups in total. The second kappa shape index (κ2) is 8.56. The van der Waals surface area contributed by atoms with Crippen LogP contribution >= 0.6 is 23.4 Å². The fourth-order valence-electron chi connectivity index (χ4n) is 3.83. The van der Waals surface area contributed by atoms with Crippen molar-refractivity contribution in [1.82, 2.24) is 5.32 Å². The molecule has 0 amide bonds. The summed E-state index contributed by atoms with van der Waals surface area (Å²) in [7, 11) is 3.11. The molecule has 3 rings (SSSR count). The first-order chi connectivity index (χ1) is 11.6. The lowest BCUT2D eigenvalue weighted by atomic mass is 9.77. The van der Waals surface area contributed by atoms with E-state index in [1.807, 2.05) is 18.2 Å². The topological polar surface area (TPSA) is 64.3 Å². The summed E-state index contributed by atoms with van der Waals surface area (Å²) >= 11 is 7.88. The van der Waals surface area contributed by atoms with Crippen molar-refractivity contribution >= 4 is 29.6 Å². The van der Waals surface area contributed by atoms with Crippen molar-refractivity contribution in [2.75, 3.05) is 27.2 Å². The van der Waals surface area contributed by atoms with Crippen molar-refractivity contribution < 1.29 is 9.53 Å². The summed E-state index contributed by atoms with van der Waals surface area (Å²) in [5.41, 5.74) is 4.86. The number of nitrogens with two attached hydrogens (primary N) is 1. The molecule has 2 fully saturated rings. The molecule has 134 valence electrons. The van der Waals surface area contributed by atoms with Crippen LogP contribution in [0.25, 0.3) is 0 Å². The Morgan fingerprint density at radius 3 is 2.54 bits per heavy atom. The molecule has 1 aliphatic carbocycles. The molecule has 1 saturated heterocycles. The highest BCUT2D eigenvalue weighted by molar-refractivity contribution is 8.01. The summed E-state index contributed by atoms with van der Waals surface area (Å²) in [5, 5.41) is 4.02. The van der Waals surface area contributed by atoms with E-state index in [2.05, 4.69) is 11.1 Å². The molecule has 0 bridgehead atoms. The van der Waals surface area contributed by atoms with Crippen molar-refractivity contribution in [1.29, 1.82) is 0 Å². The Morgan fingerprint density at radius 2 is 1.96 bits per heavy atom. The molecule has 1 aromatic rings. The van der Waals surface area contributed by atoms with Gasteiger partial charge in [-0.15, -0.1) is 11.8 Å². The lowest BCUT2D eigenvalue weighted by Crippen LogP contribution is -2.36. The van der Waals surface area contributed by atoms with Gasteiger partial charge in [0, 0.05) is 4.90 Å². The minimum Gasteiger partial charge on any atom is -0.495 e. The second-order valence-electron chi connectivity index (χ2n) is 6.51. The Morgan fingerprint density at radius 1 is 1.25 bits per heavy atom. The van der Waals surface area contributed by atoms with E-state index in [-0.39, 0.29) is 4.75 Å². The van der Waals surface area contributed by atoms with Gasteiger partial charge in [-0.2, -0.15) is 0 Å². The van der Waals surface area contributed by atoms with Crippen molar-refractivity contribution in [3.8, 4) is 5.75 Å². The Balaban J connectivity index is 0.00000100. The monoisotopic (exact) mass is 370 g/mol. The molecule has 6 heteroatoms. The normalized spacial score (nSPS) is 25.0. The van der Waals surface area contributed by atoms with Crippen LogP contribution < -0.4 is 15.8 Å². The number of aldehydes is 1. The summed E-state index contributed by atoms with van der Waals surface area (Å²) in [4.78, 5) is 12.9. The van der Waals surface area contributed by atoms with Crippen LogP contribution in [0.15, 0.2) is 23.1 Å². The maximum atomic E-state index is 11.9. The Labute approximate surface area is 153 Å². The SMILES string of the molecule is CN.COc1ccc(SC2(C=O)CCC3(CCNCC3)C2)cc1Cl. The number of halogens is 1. The van der Waals surface area contributed by atoms with Crippen LogP contribution in [-0.4, -0.2) is 38.3 Å². The van der Waals surface area contributed by atoms with E-state index < -0.39 is 0 Å². The molecule has 24 heavy (non-hydrogen) atoms. The number of hydrogen-bond acceptors (Lipinski definition) is 5. The van der Waals surface area contributed by atoms with Gasteiger partial charge in [-0.3, -0.25) is 0 Å². The minimum absolute atomic E-state index is 0.296. The molecule has 2 aliphatic rings. The first-order valence-electron chi connectivity index (χ1n) is 8.38. The van der Waals surface area contributed by atoms with Crippen LogP contribution in [0.3, 0.4) is 0 Å². The first-order valence-corrected chi connectivity index (χ1v) is 9.57. The van der Waals surface area contributed by atoms with Gasteiger partial charge in [0.2, 0.25) is 0 Å². The van der Waals surface area contributed by atoms with Crippen molar-refractivity contribution in [3.63, 3.8) is 0 Å². The lowest BCUT2D eigenvalue weighted by Gasteiger charge is -2.35. The number of benzene rings is 1. The van der Waals surface area contributed by atoms with Gasteiger partial charge in [-0.05, 0) is 75.9 Å². The summed E-state index contributed by atoms with van der Waals surface area (Å²) in [6, 6.07) is 5.77. The van der Waals surface area contributed by atoms with E-state index in [1.165, 1.54) is 26.2 Å². The molecule has 4 nitrogen and oxygen atoms in total. The summed E-state index contributed by atoms with van der Waals surface area (Å²) in [5.74, 6) is 0.674. The molecule has 1 unspecified atom stereocenters. The summed E-state index contributed by atoms with van der Waals surface area (Å²) < 4.78 is 4.90. The lowest BCUT2D eigenvalue weighted by molar-refractivity contribution is -0.109. The van der Waals surface area contributed by atoms with E-state index in [4.69, 9.17) is 16.3 Å². The average molecular weight is 371 g/mol. The van der Waals surface area contributed by atoms with Crippen molar-refractivity contribution in [2.45, 2.75) is 41.7 Å². The van der Waals surface area contributed by atoms with E-state index in [0.717, 1.165) is 37.2 Å². The number of rotatable bonds is 4. The number of carbonyl (C=O) groups is 1. The maximum absolute atomic E-state index is 11.9. The zero-order chi connectivity index (χ0) is 17.6. The van der Waals surface area contributed by atoms with Crippen molar-refractivity contribution in [2.24, 2.45) is 11.1 Å². The van der Waals surface area contributed by atoms with Crippen LogP contribution in [0, 0.1) is 5.41 Å². The predicted molar refractivity (Wildman–Crippen MR) is 101 cm³/mol. The Bertz CT molecular complexity index is 564. The maximum Gasteiger partial charge on any atom is 0.137 e. The van der Waals surface area contributed by atoms with Gasteiger partial charge in [0.15, 0.2) is 0 Å². The van der Waals surface area contributed by atoms with Gasteiger partial charge in [-0.1, -0.05) is 11.6 Å². The molecule has 1 spiro atoms. The molecule has 1 aliphatic heterocycles. The number of thioether (sulfide) groups is 1. The molecule has 1 atom stereocenters. The fraction of sp³-hybridized carbons (Fsp3) is 0.611. The van der Waals surface area contributed by atoms with Gasteiger partial charge in [-0.25, -0.2) is 0 Å². The third kappa shape index (κ3) is 4.26.